The number of hydrogen-bond donors (Lipinski definition) is 1. The largest absolute Gasteiger partial charge is 0.492 e. The third-order valence-corrected chi connectivity index (χ3v) is 5.39. The van der Waals surface area contributed by atoms with Crippen molar-refractivity contribution in [3.63, 3.8) is 0 Å². The highest BCUT2D eigenvalue weighted by molar-refractivity contribution is 6.32. The fourth-order valence-corrected chi connectivity index (χ4v) is 3.66. The Kier molecular flexibility index (Phi) is 8.57. The number of amides is 1. The Morgan fingerprint density at radius 1 is 1.07 bits per heavy atom. The van der Waals surface area contributed by atoms with Gasteiger partial charge < -0.3 is 14.6 Å². The number of nitrogens with one attached hydrogen (secondary N) is 1. The van der Waals surface area contributed by atoms with Crippen LogP contribution in [0.1, 0.15) is 44.9 Å². The molecule has 0 atom stereocenters. The number of carbonyl (C=O) groups excluding carboxylic acids is 1. The van der Waals surface area contributed by atoms with Gasteiger partial charge in [0.05, 0.1) is 22.7 Å². The lowest BCUT2D eigenvalue weighted by Gasteiger charge is -2.11. The van der Waals surface area contributed by atoms with Gasteiger partial charge in [-0.3, -0.25) is 4.79 Å². The Bertz CT molecular complexity index is 955. The third kappa shape index (κ3) is 6.23. The van der Waals surface area contributed by atoms with Crippen molar-refractivity contribution in [1.82, 2.24) is 14.9 Å². The topological polar surface area (TPSA) is 56.2 Å². The summed E-state index contributed by atoms with van der Waals surface area (Å²) in [6.45, 7) is 4.08. The minimum Gasteiger partial charge on any atom is -0.492 e. The maximum Gasteiger partial charge on any atom is 0.219 e. The van der Waals surface area contributed by atoms with E-state index in [9.17, 15) is 4.79 Å². The van der Waals surface area contributed by atoms with E-state index in [1.165, 1.54) is 5.52 Å². The van der Waals surface area contributed by atoms with E-state index in [-0.39, 0.29) is 5.91 Å². The molecule has 3 aromatic rings. The predicted molar refractivity (Wildman–Crippen MR) is 122 cm³/mol. The molecule has 160 valence electrons. The summed E-state index contributed by atoms with van der Waals surface area (Å²) in [4.78, 5) is 16.2. The number of aromatic nitrogens is 2. The van der Waals surface area contributed by atoms with Gasteiger partial charge in [0, 0.05) is 25.9 Å². The summed E-state index contributed by atoms with van der Waals surface area (Å²) in [5.41, 5.74) is 2.20. The van der Waals surface area contributed by atoms with Crippen LogP contribution in [-0.4, -0.2) is 28.6 Å². The summed E-state index contributed by atoms with van der Waals surface area (Å²) in [6.07, 6.45) is 5.48. The molecule has 5 nitrogen and oxygen atoms in total. The molecule has 0 spiro atoms. The molecular weight excluding hydrogens is 398 g/mol. The van der Waals surface area contributed by atoms with Crippen molar-refractivity contribution in [3.8, 4) is 5.75 Å². The molecule has 1 aromatic heterocycles. The summed E-state index contributed by atoms with van der Waals surface area (Å²) < 4.78 is 8.15. The molecule has 0 aliphatic rings. The van der Waals surface area contributed by atoms with Crippen LogP contribution in [0.15, 0.2) is 48.5 Å². The van der Waals surface area contributed by atoms with Crippen LogP contribution < -0.4 is 10.1 Å². The lowest BCUT2D eigenvalue weighted by Crippen LogP contribution is -2.23. The number of rotatable bonds is 12. The van der Waals surface area contributed by atoms with E-state index in [1.807, 2.05) is 37.3 Å². The molecule has 0 bridgehead atoms. The Hall–Kier alpha value is -2.53. The zero-order chi connectivity index (χ0) is 21.2. The molecule has 0 radical (unpaired) electrons. The fourth-order valence-electron chi connectivity index (χ4n) is 3.47. The van der Waals surface area contributed by atoms with Crippen molar-refractivity contribution in [2.45, 2.75) is 52.0 Å². The third-order valence-electron chi connectivity index (χ3n) is 5.07. The van der Waals surface area contributed by atoms with Crippen LogP contribution in [-0.2, 0) is 17.8 Å². The Labute approximate surface area is 183 Å². The summed E-state index contributed by atoms with van der Waals surface area (Å²) in [5, 5.41) is 3.57. The maximum absolute atomic E-state index is 11.3. The number of benzene rings is 2. The van der Waals surface area contributed by atoms with E-state index >= 15 is 0 Å². The van der Waals surface area contributed by atoms with Gasteiger partial charge >= 0.3 is 0 Å². The second-order valence-electron chi connectivity index (χ2n) is 7.31. The number of aryl methyl sites for hydroxylation is 2. The average Bonchev–Trinajstić information content (AvgIpc) is 3.12. The number of para-hydroxylation sites is 3. The first kappa shape index (κ1) is 22.2. The first-order valence-corrected chi connectivity index (χ1v) is 11.1. The Balaban J connectivity index is 1.52. The molecule has 1 amide bonds. The van der Waals surface area contributed by atoms with E-state index in [2.05, 4.69) is 28.1 Å². The average molecular weight is 428 g/mol. The van der Waals surface area contributed by atoms with E-state index in [0.717, 1.165) is 62.3 Å². The van der Waals surface area contributed by atoms with Gasteiger partial charge in [-0.2, -0.15) is 0 Å². The zero-order valence-corrected chi connectivity index (χ0v) is 18.3. The van der Waals surface area contributed by atoms with Crippen LogP contribution in [0, 0.1) is 0 Å². The lowest BCUT2D eigenvalue weighted by molar-refractivity contribution is -0.120. The molecule has 0 unspecified atom stereocenters. The summed E-state index contributed by atoms with van der Waals surface area (Å²) in [6, 6.07) is 15.8. The quantitative estimate of drug-likeness (QED) is 0.394. The molecule has 3 rings (SSSR count). The van der Waals surface area contributed by atoms with Gasteiger partial charge in [0.25, 0.3) is 0 Å². The molecule has 0 saturated heterocycles. The van der Waals surface area contributed by atoms with Crippen LogP contribution in [0.5, 0.6) is 5.75 Å². The van der Waals surface area contributed by atoms with E-state index in [1.54, 1.807) is 0 Å². The minimum atomic E-state index is 0.121. The Morgan fingerprint density at radius 3 is 2.70 bits per heavy atom. The zero-order valence-electron chi connectivity index (χ0n) is 17.6. The van der Waals surface area contributed by atoms with E-state index < -0.39 is 0 Å². The number of imidazole rings is 1. The van der Waals surface area contributed by atoms with E-state index in [0.29, 0.717) is 18.1 Å². The minimum absolute atomic E-state index is 0.121. The first-order chi connectivity index (χ1) is 14.7. The van der Waals surface area contributed by atoms with Crippen molar-refractivity contribution in [1.29, 1.82) is 0 Å². The van der Waals surface area contributed by atoms with Crippen LogP contribution in [0.3, 0.4) is 0 Å². The highest BCUT2D eigenvalue weighted by Crippen LogP contribution is 2.23. The summed E-state index contributed by atoms with van der Waals surface area (Å²) in [7, 11) is 0. The second kappa shape index (κ2) is 11.6. The van der Waals surface area contributed by atoms with Gasteiger partial charge in [0.15, 0.2) is 0 Å². The van der Waals surface area contributed by atoms with Crippen molar-refractivity contribution in [2.75, 3.05) is 13.2 Å². The normalized spacial score (nSPS) is 11.0. The number of hydrogen-bond acceptors (Lipinski definition) is 3. The number of fused-ring (bicyclic) bond motifs is 1. The smallest absolute Gasteiger partial charge is 0.219 e. The number of halogens is 1. The Morgan fingerprint density at radius 2 is 1.87 bits per heavy atom. The molecule has 0 saturated carbocycles. The van der Waals surface area contributed by atoms with Crippen LogP contribution >= 0.6 is 11.6 Å². The fraction of sp³-hybridized carbons (Fsp3) is 0.417. The lowest BCUT2D eigenvalue weighted by atomic mass is 10.2. The van der Waals surface area contributed by atoms with Crippen molar-refractivity contribution in [2.24, 2.45) is 0 Å². The molecule has 1 N–H and O–H groups in total. The van der Waals surface area contributed by atoms with Gasteiger partial charge in [0.2, 0.25) is 5.91 Å². The summed E-state index contributed by atoms with van der Waals surface area (Å²) >= 11 is 6.16. The number of ether oxygens (including phenoxy) is 1. The highest BCUT2D eigenvalue weighted by Gasteiger charge is 2.10. The monoisotopic (exact) mass is 427 g/mol. The van der Waals surface area contributed by atoms with Gasteiger partial charge in [-0.05, 0) is 43.5 Å². The molecule has 30 heavy (non-hydrogen) atoms. The number of unbranched alkanes of at least 4 members (excludes halogenated alkanes) is 2. The molecule has 2 aromatic carbocycles. The molecule has 6 heteroatoms. The first-order valence-electron chi connectivity index (χ1n) is 10.8. The van der Waals surface area contributed by atoms with Crippen molar-refractivity contribution >= 4 is 28.5 Å². The van der Waals surface area contributed by atoms with Gasteiger partial charge in [-0.15, -0.1) is 0 Å². The summed E-state index contributed by atoms with van der Waals surface area (Å²) in [5.74, 6) is 1.97. The van der Waals surface area contributed by atoms with Crippen molar-refractivity contribution < 1.29 is 9.53 Å². The SMILES string of the molecule is CCC(=O)NCCCCCc1nc2ccccc2n1CCCOc1ccccc1Cl. The van der Waals surface area contributed by atoms with Crippen LogP contribution in [0.4, 0.5) is 0 Å². The van der Waals surface area contributed by atoms with E-state index in [4.69, 9.17) is 21.3 Å². The molecule has 1 heterocycles. The maximum atomic E-state index is 11.3. The van der Waals surface area contributed by atoms with Gasteiger partial charge in [-0.1, -0.05) is 49.2 Å². The molecule has 0 aliphatic heterocycles. The molecular formula is C24H30ClN3O2. The van der Waals surface area contributed by atoms with Gasteiger partial charge in [-0.25, -0.2) is 4.98 Å². The predicted octanol–water partition coefficient (Wildman–Crippen LogP) is 5.40. The number of carbonyl (C=O) groups is 1. The molecule has 0 aliphatic carbocycles. The highest BCUT2D eigenvalue weighted by atomic mass is 35.5. The van der Waals surface area contributed by atoms with Crippen LogP contribution in [0.2, 0.25) is 5.02 Å². The van der Waals surface area contributed by atoms with Gasteiger partial charge in [0.1, 0.15) is 11.6 Å². The second-order valence-corrected chi connectivity index (χ2v) is 7.72. The number of nitrogens with zero attached hydrogens (tertiary/aromatic N) is 2. The van der Waals surface area contributed by atoms with Crippen LogP contribution in [0.25, 0.3) is 11.0 Å². The van der Waals surface area contributed by atoms with Crippen molar-refractivity contribution in [3.05, 3.63) is 59.4 Å². The standard InChI is InChI=1S/C24H30ClN3O2/c1-2-24(29)26-16-9-3-4-15-23-27-20-12-6-7-13-21(20)28(23)17-10-18-30-22-14-8-5-11-19(22)25/h5-8,11-14H,2-4,9-10,15-18H2,1H3,(H,26,29). The molecule has 0 fully saturated rings.